The third kappa shape index (κ3) is 4.11. The van der Waals surface area contributed by atoms with E-state index in [1.54, 1.807) is 13.2 Å². The number of amides is 2. The van der Waals surface area contributed by atoms with Gasteiger partial charge in [-0.15, -0.1) is 11.8 Å². The molecule has 2 amide bonds. The number of halogens is 1. The summed E-state index contributed by atoms with van der Waals surface area (Å²) in [6.45, 7) is -0.0843. The lowest BCUT2D eigenvalue weighted by atomic mass is 10.2. The van der Waals surface area contributed by atoms with Crippen molar-refractivity contribution in [2.24, 2.45) is 0 Å². The molecule has 1 saturated heterocycles. The SMILES string of the molecule is COc1ccc(C2SCC(=O)N2CC(=O)Nc2cccc(F)c2)cc1. The molecule has 0 spiro atoms. The number of benzene rings is 2. The average Bonchev–Trinajstić information content (AvgIpc) is 2.95. The maximum absolute atomic E-state index is 13.2. The Morgan fingerprint density at radius 1 is 1.32 bits per heavy atom. The molecule has 0 aliphatic carbocycles. The molecule has 1 N–H and O–H groups in total. The maximum Gasteiger partial charge on any atom is 0.244 e. The predicted octanol–water partition coefficient (Wildman–Crippen LogP) is 3.05. The third-order valence-corrected chi connectivity index (χ3v) is 5.05. The molecule has 3 rings (SSSR count). The molecular formula is C18H17FN2O3S. The largest absolute Gasteiger partial charge is 0.497 e. The van der Waals surface area contributed by atoms with Gasteiger partial charge in [-0.25, -0.2) is 4.39 Å². The minimum atomic E-state index is -0.429. The molecule has 1 aliphatic heterocycles. The maximum atomic E-state index is 13.2. The van der Waals surface area contributed by atoms with Gasteiger partial charge in [0.2, 0.25) is 11.8 Å². The number of ether oxygens (including phenoxy) is 1. The summed E-state index contributed by atoms with van der Waals surface area (Å²) in [5.74, 6) is 0.166. The van der Waals surface area contributed by atoms with Crippen molar-refractivity contribution in [3.05, 3.63) is 59.9 Å². The molecule has 1 unspecified atom stereocenters. The second-order valence-corrected chi connectivity index (χ2v) is 6.59. The fourth-order valence-electron chi connectivity index (χ4n) is 2.59. The lowest BCUT2D eigenvalue weighted by molar-refractivity contribution is -0.132. The van der Waals surface area contributed by atoms with E-state index in [0.29, 0.717) is 11.4 Å². The highest BCUT2D eigenvalue weighted by atomic mass is 32.2. The monoisotopic (exact) mass is 360 g/mol. The first kappa shape index (κ1) is 17.3. The number of hydrogen-bond donors (Lipinski definition) is 1. The highest BCUT2D eigenvalue weighted by Gasteiger charge is 2.34. The fourth-order valence-corrected chi connectivity index (χ4v) is 3.78. The van der Waals surface area contributed by atoms with E-state index >= 15 is 0 Å². The molecule has 7 heteroatoms. The minimum absolute atomic E-state index is 0.0843. The highest BCUT2D eigenvalue weighted by molar-refractivity contribution is 8.00. The van der Waals surface area contributed by atoms with E-state index in [1.807, 2.05) is 24.3 Å². The van der Waals surface area contributed by atoms with E-state index in [2.05, 4.69) is 5.32 Å². The molecule has 5 nitrogen and oxygen atoms in total. The van der Waals surface area contributed by atoms with E-state index in [-0.39, 0.29) is 23.7 Å². The smallest absolute Gasteiger partial charge is 0.244 e. The van der Waals surface area contributed by atoms with Crippen LogP contribution >= 0.6 is 11.8 Å². The predicted molar refractivity (Wildman–Crippen MR) is 94.9 cm³/mol. The number of hydrogen-bond acceptors (Lipinski definition) is 4. The van der Waals surface area contributed by atoms with Gasteiger partial charge in [0, 0.05) is 5.69 Å². The Labute approximate surface area is 149 Å². The number of carbonyl (C=O) groups is 2. The molecule has 2 aromatic rings. The van der Waals surface area contributed by atoms with Crippen LogP contribution in [-0.4, -0.2) is 36.1 Å². The van der Waals surface area contributed by atoms with E-state index < -0.39 is 5.82 Å². The summed E-state index contributed by atoms with van der Waals surface area (Å²) in [5.41, 5.74) is 1.29. The van der Waals surface area contributed by atoms with Gasteiger partial charge in [0.05, 0.1) is 12.9 Å². The number of carbonyl (C=O) groups excluding carboxylic acids is 2. The molecule has 1 atom stereocenters. The number of thioether (sulfide) groups is 1. The number of rotatable bonds is 5. The van der Waals surface area contributed by atoms with Crippen LogP contribution < -0.4 is 10.1 Å². The number of methoxy groups -OCH3 is 1. The number of nitrogens with zero attached hydrogens (tertiary/aromatic N) is 1. The molecule has 25 heavy (non-hydrogen) atoms. The Morgan fingerprint density at radius 3 is 2.76 bits per heavy atom. The lowest BCUT2D eigenvalue weighted by Crippen LogP contribution is -2.36. The van der Waals surface area contributed by atoms with Crippen molar-refractivity contribution in [3.8, 4) is 5.75 Å². The van der Waals surface area contributed by atoms with E-state index in [9.17, 15) is 14.0 Å². The summed E-state index contributed by atoms with van der Waals surface area (Å²) in [5, 5.41) is 2.39. The van der Waals surface area contributed by atoms with Gasteiger partial charge >= 0.3 is 0 Å². The van der Waals surface area contributed by atoms with Crippen molar-refractivity contribution < 1.29 is 18.7 Å². The van der Waals surface area contributed by atoms with Gasteiger partial charge in [-0.1, -0.05) is 18.2 Å². The van der Waals surface area contributed by atoms with Crippen molar-refractivity contribution >= 4 is 29.3 Å². The first-order chi connectivity index (χ1) is 12.1. The summed E-state index contributed by atoms with van der Waals surface area (Å²) >= 11 is 1.47. The van der Waals surface area contributed by atoms with Crippen LogP contribution in [0.4, 0.5) is 10.1 Å². The van der Waals surface area contributed by atoms with Gasteiger partial charge in [0.25, 0.3) is 0 Å². The van der Waals surface area contributed by atoms with Crippen LogP contribution in [0, 0.1) is 5.82 Å². The lowest BCUT2D eigenvalue weighted by Gasteiger charge is -2.23. The summed E-state index contributed by atoms with van der Waals surface area (Å²) in [6, 6.07) is 13.1. The average molecular weight is 360 g/mol. The Bertz CT molecular complexity index is 782. The summed E-state index contributed by atoms with van der Waals surface area (Å²) in [7, 11) is 1.59. The van der Waals surface area contributed by atoms with Crippen molar-refractivity contribution in [2.45, 2.75) is 5.37 Å². The third-order valence-electron chi connectivity index (χ3n) is 3.79. The standard InChI is InChI=1S/C18H17FN2O3S/c1-24-15-7-5-12(6-8-15)18-21(17(23)11-25-18)10-16(22)20-14-4-2-3-13(19)9-14/h2-9,18H,10-11H2,1H3,(H,20,22). The molecular weight excluding hydrogens is 343 g/mol. The van der Waals surface area contributed by atoms with E-state index in [4.69, 9.17) is 4.74 Å². The van der Waals surface area contributed by atoms with Gasteiger partial charge in [0.1, 0.15) is 23.5 Å². The molecule has 1 aliphatic rings. The van der Waals surface area contributed by atoms with E-state index in [0.717, 1.165) is 11.3 Å². The molecule has 0 aromatic heterocycles. The number of nitrogens with one attached hydrogen (secondary N) is 1. The first-order valence-electron chi connectivity index (χ1n) is 7.67. The van der Waals surface area contributed by atoms with Crippen LogP contribution in [0.15, 0.2) is 48.5 Å². The van der Waals surface area contributed by atoms with Gasteiger partial charge in [-0.05, 0) is 35.9 Å². The highest BCUT2D eigenvalue weighted by Crippen LogP contribution is 2.38. The summed E-state index contributed by atoms with van der Waals surface area (Å²) in [4.78, 5) is 25.9. The van der Waals surface area contributed by atoms with Crippen LogP contribution in [0.1, 0.15) is 10.9 Å². The summed E-state index contributed by atoms with van der Waals surface area (Å²) < 4.78 is 18.3. The molecule has 1 heterocycles. The van der Waals surface area contributed by atoms with Crippen molar-refractivity contribution in [1.82, 2.24) is 4.90 Å². The normalized spacial score (nSPS) is 16.8. The molecule has 1 fully saturated rings. The summed E-state index contributed by atoms with van der Waals surface area (Å²) in [6.07, 6.45) is 0. The molecule has 130 valence electrons. The fraction of sp³-hybridized carbons (Fsp3) is 0.222. The van der Waals surface area contributed by atoms with Crippen molar-refractivity contribution in [3.63, 3.8) is 0 Å². The van der Waals surface area contributed by atoms with Crippen LogP contribution in [0.2, 0.25) is 0 Å². The topological polar surface area (TPSA) is 58.6 Å². The zero-order valence-electron chi connectivity index (χ0n) is 13.6. The van der Waals surface area contributed by atoms with Crippen molar-refractivity contribution in [2.75, 3.05) is 24.7 Å². The van der Waals surface area contributed by atoms with Gasteiger partial charge in [-0.2, -0.15) is 0 Å². The van der Waals surface area contributed by atoms with Crippen molar-refractivity contribution in [1.29, 1.82) is 0 Å². The molecule has 0 bridgehead atoms. The van der Waals surface area contributed by atoms with Crippen LogP contribution in [0.3, 0.4) is 0 Å². The van der Waals surface area contributed by atoms with Crippen LogP contribution in [0.5, 0.6) is 5.75 Å². The number of anilines is 1. The molecule has 0 saturated carbocycles. The Morgan fingerprint density at radius 2 is 2.08 bits per heavy atom. The Balaban J connectivity index is 1.70. The van der Waals surface area contributed by atoms with Gasteiger partial charge < -0.3 is 15.0 Å². The Hall–Kier alpha value is -2.54. The van der Waals surface area contributed by atoms with E-state index in [1.165, 1.54) is 34.9 Å². The van der Waals surface area contributed by atoms with Crippen LogP contribution in [0.25, 0.3) is 0 Å². The molecule has 2 aromatic carbocycles. The van der Waals surface area contributed by atoms with Crippen LogP contribution in [-0.2, 0) is 9.59 Å². The second-order valence-electron chi connectivity index (χ2n) is 5.52. The first-order valence-corrected chi connectivity index (χ1v) is 8.72. The zero-order valence-corrected chi connectivity index (χ0v) is 14.4. The van der Waals surface area contributed by atoms with Gasteiger partial charge in [-0.3, -0.25) is 9.59 Å². The second kappa shape index (κ2) is 7.57. The zero-order chi connectivity index (χ0) is 17.8. The Kier molecular flexibility index (Phi) is 5.23. The molecule has 0 radical (unpaired) electrons. The van der Waals surface area contributed by atoms with Gasteiger partial charge in [0.15, 0.2) is 0 Å². The minimum Gasteiger partial charge on any atom is -0.497 e. The quantitative estimate of drug-likeness (QED) is 0.890.